The Balaban J connectivity index is 1.99. The second kappa shape index (κ2) is 9.69. The van der Waals surface area contributed by atoms with E-state index in [0.717, 1.165) is 5.69 Å². The van der Waals surface area contributed by atoms with Gasteiger partial charge in [-0.1, -0.05) is 18.2 Å². The maximum absolute atomic E-state index is 12.2. The van der Waals surface area contributed by atoms with E-state index in [4.69, 9.17) is 16.9 Å². The molecule has 0 unspecified atom stereocenters. The van der Waals surface area contributed by atoms with Crippen LogP contribution >= 0.6 is 0 Å². The van der Waals surface area contributed by atoms with E-state index in [0.29, 0.717) is 16.9 Å². The highest BCUT2D eigenvalue weighted by Crippen LogP contribution is 2.11. The molecule has 1 amide bonds. The Morgan fingerprint density at radius 2 is 1.67 bits per heavy atom. The Labute approximate surface area is 157 Å². The number of hydrogen-bond donors (Lipinski definition) is 5. The predicted molar refractivity (Wildman–Crippen MR) is 108 cm³/mol. The number of nitrogens with one attached hydrogen (secondary N) is 3. The van der Waals surface area contributed by atoms with E-state index in [9.17, 15) is 9.59 Å². The van der Waals surface area contributed by atoms with Crippen LogP contribution in [0.3, 0.4) is 0 Å². The van der Waals surface area contributed by atoms with Crippen LogP contribution in [-0.2, 0) is 4.79 Å². The van der Waals surface area contributed by atoms with Crippen LogP contribution in [-0.4, -0.2) is 23.9 Å². The zero-order chi connectivity index (χ0) is 19.6. The highest BCUT2D eigenvalue weighted by Gasteiger charge is 2.12. The molecule has 0 aliphatic heterocycles. The van der Waals surface area contributed by atoms with Gasteiger partial charge < -0.3 is 22.1 Å². The number of carbonyl (C=O) groups excluding carboxylic acids is 2. The molecule has 0 radical (unpaired) electrons. The number of benzene rings is 2. The number of anilines is 2. The Bertz CT molecular complexity index is 871. The average Bonchev–Trinajstić information content (AvgIpc) is 2.68. The van der Waals surface area contributed by atoms with Crippen molar-refractivity contribution in [2.24, 2.45) is 11.5 Å². The maximum Gasteiger partial charge on any atom is 0.248 e. The summed E-state index contributed by atoms with van der Waals surface area (Å²) in [4.78, 5) is 23.3. The molecule has 2 aromatic carbocycles. The van der Waals surface area contributed by atoms with E-state index >= 15 is 0 Å². The summed E-state index contributed by atoms with van der Waals surface area (Å²) in [5, 5.41) is 14.0. The number of allylic oxidation sites excluding steroid dienone is 2. The molecule has 0 bridgehead atoms. The molecule has 7 heteroatoms. The van der Waals surface area contributed by atoms with Gasteiger partial charge in [0, 0.05) is 35.8 Å². The van der Waals surface area contributed by atoms with Crippen LogP contribution in [0.2, 0.25) is 0 Å². The van der Waals surface area contributed by atoms with Crippen LogP contribution in [0.25, 0.3) is 0 Å². The van der Waals surface area contributed by atoms with Crippen molar-refractivity contribution in [3.05, 3.63) is 84.2 Å². The van der Waals surface area contributed by atoms with Gasteiger partial charge in [-0.15, -0.1) is 0 Å². The third-order valence-corrected chi connectivity index (χ3v) is 3.54. The topological polar surface area (TPSA) is 134 Å². The zero-order valence-corrected chi connectivity index (χ0v) is 14.6. The van der Waals surface area contributed by atoms with Crippen molar-refractivity contribution in [1.29, 1.82) is 5.41 Å². The van der Waals surface area contributed by atoms with Gasteiger partial charge in [0.1, 0.15) is 5.71 Å². The van der Waals surface area contributed by atoms with Crippen LogP contribution in [0.5, 0.6) is 0 Å². The van der Waals surface area contributed by atoms with Crippen molar-refractivity contribution in [2.45, 2.75) is 0 Å². The first kappa shape index (κ1) is 19.6. The lowest BCUT2D eigenvalue weighted by molar-refractivity contribution is -0.108. The van der Waals surface area contributed by atoms with Crippen LogP contribution in [0.1, 0.15) is 10.4 Å². The number of amides is 1. The number of ketones is 1. The fourth-order valence-corrected chi connectivity index (χ4v) is 2.17. The van der Waals surface area contributed by atoms with E-state index in [1.54, 1.807) is 30.3 Å². The van der Waals surface area contributed by atoms with Gasteiger partial charge in [0.2, 0.25) is 11.7 Å². The van der Waals surface area contributed by atoms with Crippen LogP contribution in [0.15, 0.2) is 78.6 Å². The third-order valence-electron chi connectivity index (χ3n) is 3.54. The fourth-order valence-electron chi connectivity index (χ4n) is 2.17. The van der Waals surface area contributed by atoms with Crippen LogP contribution < -0.4 is 22.1 Å². The summed E-state index contributed by atoms with van der Waals surface area (Å²) in [6.07, 6.45) is 4.26. The van der Waals surface area contributed by atoms with Gasteiger partial charge in [-0.25, -0.2) is 0 Å². The predicted octanol–water partition coefficient (Wildman–Crippen LogP) is 2.25. The summed E-state index contributed by atoms with van der Waals surface area (Å²) in [5.41, 5.74) is 12.7. The molecule has 27 heavy (non-hydrogen) atoms. The number of rotatable bonds is 9. The lowest BCUT2D eigenvalue weighted by Gasteiger charge is -2.10. The molecule has 0 aliphatic carbocycles. The SMILES string of the molecule is N=C(C(=O)C=CNc1ccc(C(N)=O)cc1)C(=CCN)Nc1ccccc1. The molecule has 7 nitrogen and oxygen atoms in total. The van der Waals surface area contributed by atoms with E-state index in [1.807, 2.05) is 30.3 Å². The maximum atomic E-state index is 12.2. The van der Waals surface area contributed by atoms with Crippen molar-refractivity contribution in [1.82, 2.24) is 0 Å². The summed E-state index contributed by atoms with van der Waals surface area (Å²) in [7, 11) is 0. The Morgan fingerprint density at radius 3 is 2.26 bits per heavy atom. The second-order valence-corrected chi connectivity index (χ2v) is 5.50. The lowest BCUT2D eigenvalue weighted by Crippen LogP contribution is -2.20. The standard InChI is InChI=1S/C20H21N5O2/c21-12-10-17(25-16-4-2-1-3-5-16)19(22)18(26)11-13-24-15-8-6-14(7-9-15)20(23)27/h1-11,13,22,24-25H,12,21H2,(H2,23,27). The van der Waals surface area contributed by atoms with Gasteiger partial charge in [-0.3, -0.25) is 15.0 Å². The van der Waals surface area contributed by atoms with Gasteiger partial charge >= 0.3 is 0 Å². The van der Waals surface area contributed by atoms with Crippen molar-refractivity contribution < 1.29 is 9.59 Å². The first-order chi connectivity index (χ1) is 13.0. The first-order valence-corrected chi connectivity index (χ1v) is 8.19. The van der Waals surface area contributed by atoms with E-state index in [1.165, 1.54) is 12.3 Å². The van der Waals surface area contributed by atoms with E-state index < -0.39 is 11.7 Å². The van der Waals surface area contributed by atoms with E-state index in [-0.39, 0.29) is 12.3 Å². The van der Waals surface area contributed by atoms with Gasteiger partial charge in [-0.05, 0) is 42.5 Å². The Kier molecular flexibility index (Phi) is 7.04. The largest absolute Gasteiger partial charge is 0.366 e. The van der Waals surface area contributed by atoms with E-state index in [2.05, 4.69) is 10.6 Å². The van der Waals surface area contributed by atoms with Crippen LogP contribution in [0.4, 0.5) is 11.4 Å². The number of hydrogen-bond acceptors (Lipinski definition) is 6. The molecule has 0 aromatic heterocycles. The normalized spacial score (nSPS) is 11.2. The summed E-state index contributed by atoms with van der Waals surface area (Å²) in [5.74, 6) is -0.995. The minimum Gasteiger partial charge on any atom is -0.366 e. The molecule has 0 atom stereocenters. The smallest absolute Gasteiger partial charge is 0.248 e. The molecular formula is C20H21N5O2. The van der Waals surface area contributed by atoms with Crippen LogP contribution in [0, 0.1) is 5.41 Å². The average molecular weight is 363 g/mol. The van der Waals surface area contributed by atoms with Crippen molar-refractivity contribution in [3.63, 3.8) is 0 Å². The zero-order valence-electron chi connectivity index (χ0n) is 14.6. The number of carbonyl (C=O) groups is 2. The number of nitrogens with two attached hydrogens (primary N) is 2. The highest BCUT2D eigenvalue weighted by atomic mass is 16.1. The number of primary amides is 1. The quantitative estimate of drug-likeness (QED) is 0.344. The van der Waals surface area contributed by atoms with Crippen molar-refractivity contribution in [2.75, 3.05) is 17.2 Å². The number of para-hydroxylation sites is 1. The molecule has 0 fully saturated rings. The summed E-state index contributed by atoms with van der Waals surface area (Å²) < 4.78 is 0. The molecule has 2 rings (SSSR count). The molecular weight excluding hydrogens is 342 g/mol. The second-order valence-electron chi connectivity index (χ2n) is 5.50. The molecule has 0 heterocycles. The summed E-state index contributed by atoms with van der Waals surface area (Å²) in [6.45, 7) is 0.193. The minimum absolute atomic E-state index is 0.193. The molecule has 2 aromatic rings. The van der Waals surface area contributed by atoms with Gasteiger partial charge in [0.25, 0.3) is 0 Å². The molecule has 0 saturated heterocycles. The molecule has 0 saturated carbocycles. The van der Waals surface area contributed by atoms with Gasteiger partial charge in [-0.2, -0.15) is 0 Å². The molecule has 7 N–H and O–H groups in total. The lowest BCUT2D eigenvalue weighted by atomic mass is 10.1. The Morgan fingerprint density at radius 1 is 1.00 bits per heavy atom. The van der Waals surface area contributed by atoms with Gasteiger partial charge in [0.05, 0.1) is 5.70 Å². The minimum atomic E-state index is -0.508. The summed E-state index contributed by atoms with van der Waals surface area (Å²) in [6, 6.07) is 15.7. The first-order valence-electron chi connectivity index (χ1n) is 8.19. The fraction of sp³-hybridized carbons (Fsp3) is 0.0500. The molecule has 138 valence electrons. The van der Waals surface area contributed by atoms with Crippen molar-refractivity contribution in [3.8, 4) is 0 Å². The third kappa shape index (κ3) is 5.94. The highest BCUT2D eigenvalue weighted by molar-refractivity contribution is 6.49. The Hall–Kier alpha value is -3.71. The monoisotopic (exact) mass is 363 g/mol. The summed E-state index contributed by atoms with van der Waals surface area (Å²) >= 11 is 0. The molecule has 0 aliphatic rings. The van der Waals surface area contributed by atoms with Gasteiger partial charge in [0.15, 0.2) is 0 Å². The van der Waals surface area contributed by atoms with Crippen molar-refractivity contribution >= 4 is 28.8 Å². The molecule has 0 spiro atoms.